The van der Waals surface area contributed by atoms with Crippen molar-refractivity contribution in [3.05, 3.63) is 358 Å². The van der Waals surface area contributed by atoms with Gasteiger partial charge in [-0.05, 0) is 200 Å². The van der Waals surface area contributed by atoms with Crippen molar-refractivity contribution in [1.29, 1.82) is 0 Å². The molecule has 0 amide bonds. The SMILES string of the molecule is CC.CC.CC.CC.CC.CC.CC.CC.CC.CC.CC.CC.Cc1ccc(-c2ccccc2)c(C)c1.Cc1ccc(C)c(-c2ccccc2)c1.Cc1ccc(C)c(-c2ccccc2)c1.Cc1cccc(-c2ccccc2)c1C.Cc1cccc(-c2ccccc2)c1C.Cc1cccc(C)c1-c1ccccc1. The molecule has 0 aromatic heterocycles. The molecule has 0 saturated heterocycles. The summed E-state index contributed by atoms with van der Waals surface area (Å²) in [6, 6.07) is 102. The molecule has 0 nitrogen and oxygen atoms in total. The van der Waals surface area contributed by atoms with Crippen molar-refractivity contribution in [2.75, 3.05) is 0 Å². The van der Waals surface area contributed by atoms with Crippen molar-refractivity contribution in [2.24, 2.45) is 0 Å². The van der Waals surface area contributed by atoms with E-state index in [-0.39, 0.29) is 0 Å². The Balaban J connectivity index is -0.000000273. The summed E-state index contributed by atoms with van der Waals surface area (Å²) in [5.74, 6) is 0. The van der Waals surface area contributed by atoms with Crippen molar-refractivity contribution >= 4 is 0 Å². The molecule has 0 aliphatic heterocycles. The molecule has 0 saturated carbocycles. The van der Waals surface area contributed by atoms with Gasteiger partial charge < -0.3 is 0 Å². The summed E-state index contributed by atoms with van der Waals surface area (Å²) in [7, 11) is 0. The van der Waals surface area contributed by atoms with Gasteiger partial charge in [-0.2, -0.15) is 0 Å². The normalized spacial score (nSPS) is 8.56. The second kappa shape index (κ2) is 74.5. The van der Waals surface area contributed by atoms with Crippen LogP contribution in [-0.4, -0.2) is 0 Å². The third-order valence-corrected chi connectivity index (χ3v) is 15.3. The van der Waals surface area contributed by atoms with Gasteiger partial charge >= 0.3 is 0 Å². The standard InChI is InChI=1S/6C14H14.12C2H6/c1-11-7-6-8-12(2)14(11)13-9-4-3-5-10-13;2*1-11-7-6-10-14(12(11)2)13-8-4-3-5-9-13;1-11-8-9-14(12(2)10-11)13-6-4-3-5-7-13;2*1-11-8-9-12(2)14(10-11)13-6-4-3-5-7-13;12*1-2/h6*3-10H,1-2H3;12*1-2H3. The first-order valence-electron chi connectivity index (χ1n) is 41.4. The highest BCUT2D eigenvalue weighted by Crippen LogP contribution is 2.30. The first-order valence-corrected chi connectivity index (χ1v) is 41.4. The van der Waals surface area contributed by atoms with Gasteiger partial charge in [0.25, 0.3) is 0 Å². The van der Waals surface area contributed by atoms with Crippen LogP contribution in [0.3, 0.4) is 0 Å². The fourth-order valence-electron chi connectivity index (χ4n) is 10.3. The molecule has 12 aromatic carbocycles. The van der Waals surface area contributed by atoms with Gasteiger partial charge in [0.2, 0.25) is 0 Å². The molecule has 588 valence electrons. The van der Waals surface area contributed by atoms with E-state index < -0.39 is 0 Å². The number of hydrogen-bond acceptors (Lipinski definition) is 0. The molecule has 12 rings (SSSR count). The fraction of sp³-hybridized carbons (Fsp3) is 0.333. The van der Waals surface area contributed by atoms with Crippen LogP contribution in [0.15, 0.2) is 291 Å². The van der Waals surface area contributed by atoms with Crippen LogP contribution in [0.2, 0.25) is 0 Å². The summed E-state index contributed by atoms with van der Waals surface area (Å²) >= 11 is 0. The lowest BCUT2D eigenvalue weighted by molar-refractivity contribution is 1.34. The average molecular weight is 1450 g/mol. The lowest BCUT2D eigenvalue weighted by atomic mass is 9.96. The van der Waals surface area contributed by atoms with Gasteiger partial charge in [0.1, 0.15) is 0 Å². The average Bonchev–Trinajstić information content (AvgIpc) is 0.957. The van der Waals surface area contributed by atoms with E-state index in [9.17, 15) is 0 Å². The third kappa shape index (κ3) is 42.8. The van der Waals surface area contributed by atoms with Gasteiger partial charge in [0, 0.05) is 0 Å². The van der Waals surface area contributed by atoms with Crippen LogP contribution in [0.5, 0.6) is 0 Å². The number of hydrogen-bond donors (Lipinski definition) is 0. The van der Waals surface area contributed by atoms with E-state index in [1.54, 1.807) is 0 Å². The zero-order valence-electron chi connectivity index (χ0n) is 75.7. The Morgan fingerprint density at radius 3 is 0.611 bits per heavy atom. The zero-order chi connectivity index (χ0) is 83.8. The van der Waals surface area contributed by atoms with Crippen LogP contribution in [0, 0.1) is 83.1 Å². The smallest absolute Gasteiger partial charge is 0.0125 e. The Morgan fingerprint density at radius 2 is 0.343 bits per heavy atom. The fourth-order valence-corrected chi connectivity index (χ4v) is 10.3. The predicted octanol–water partition coefficient (Wildman–Crippen LogP) is 36.1. The molecular weight excluding hydrogens is 1300 g/mol. The third-order valence-electron chi connectivity index (χ3n) is 15.3. The number of aryl methyl sites for hydroxylation is 10. The molecule has 0 aliphatic carbocycles. The number of benzene rings is 12. The van der Waals surface area contributed by atoms with Crippen LogP contribution in [0.4, 0.5) is 0 Å². The van der Waals surface area contributed by atoms with Crippen LogP contribution >= 0.6 is 0 Å². The number of rotatable bonds is 6. The molecule has 0 N–H and O–H groups in total. The molecule has 0 radical (unpaired) electrons. The highest BCUT2D eigenvalue weighted by atomic mass is 14.1. The van der Waals surface area contributed by atoms with E-state index in [1.807, 2.05) is 172 Å². The zero-order valence-corrected chi connectivity index (χ0v) is 75.7. The summed E-state index contributed by atoms with van der Waals surface area (Å²) in [5.41, 5.74) is 32.0. The van der Waals surface area contributed by atoms with E-state index in [2.05, 4.69) is 368 Å². The molecule has 0 aliphatic rings. The minimum atomic E-state index is 1.30. The van der Waals surface area contributed by atoms with Gasteiger partial charge in [-0.3, -0.25) is 0 Å². The molecule has 0 atom stereocenters. The quantitative estimate of drug-likeness (QED) is 0.156. The van der Waals surface area contributed by atoms with Crippen molar-refractivity contribution in [1.82, 2.24) is 0 Å². The monoisotopic (exact) mass is 1450 g/mol. The van der Waals surface area contributed by atoms with E-state index in [1.165, 1.54) is 134 Å². The molecule has 0 spiro atoms. The summed E-state index contributed by atoms with van der Waals surface area (Å²) in [6.45, 7) is 73.8. The topological polar surface area (TPSA) is 0 Å². The highest BCUT2D eigenvalue weighted by Gasteiger charge is 2.07. The Morgan fingerprint density at radius 1 is 0.130 bits per heavy atom. The minimum absolute atomic E-state index is 1.30. The first kappa shape index (κ1) is 110. The Bertz CT molecular complexity index is 3640. The largest absolute Gasteiger partial charge is 0.0683 e. The lowest BCUT2D eigenvalue weighted by Gasteiger charge is -2.09. The maximum Gasteiger partial charge on any atom is -0.0125 e. The molecule has 108 heavy (non-hydrogen) atoms. The molecule has 0 heteroatoms. The molecular formula is C108H156. The van der Waals surface area contributed by atoms with Gasteiger partial charge in [-0.15, -0.1) is 0 Å². The van der Waals surface area contributed by atoms with Gasteiger partial charge in [0.15, 0.2) is 0 Å². The van der Waals surface area contributed by atoms with Crippen molar-refractivity contribution in [3.63, 3.8) is 0 Å². The van der Waals surface area contributed by atoms with Crippen LogP contribution in [0.25, 0.3) is 66.8 Å². The van der Waals surface area contributed by atoms with Crippen LogP contribution in [0.1, 0.15) is 233 Å². The predicted molar refractivity (Wildman–Crippen MR) is 504 cm³/mol. The summed E-state index contributed by atoms with van der Waals surface area (Å²) < 4.78 is 0. The molecule has 0 bridgehead atoms. The van der Waals surface area contributed by atoms with Crippen LogP contribution in [-0.2, 0) is 0 Å². The van der Waals surface area contributed by atoms with E-state index in [4.69, 9.17) is 0 Å². The molecule has 12 aromatic rings. The van der Waals surface area contributed by atoms with Crippen molar-refractivity contribution in [3.8, 4) is 66.8 Å². The van der Waals surface area contributed by atoms with Gasteiger partial charge in [-0.1, -0.05) is 474 Å². The summed E-state index contributed by atoms with van der Waals surface area (Å²) in [5, 5.41) is 0. The second-order valence-electron chi connectivity index (χ2n) is 21.9. The highest BCUT2D eigenvalue weighted by molar-refractivity contribution is 5.73. The minimum Gasteiger partial charge on any atom is -0.0683 e. The molecule has 0 fully saturated rings. The van der Waals surface area contributed by atoms with E-state index in [0.29, 0.717) is 0 Å². The van der Waals surface area contributed by atoms with Crippen LogP contribution < -0.4 is 0 Å². The molecule has 0 unspecified atom stereocenters. The maximum atomic E-state index is 2.24. The van der Waals surface area contributed by atoms with Crippen molar-refractivity contribution < 1.29 is 0 Å². The lowest BCUT2D eigenvalue weighted by Crippen LogP contribution is -1.86. The Kier molecular flexibility index (Phi) is 75.6. The van der Waals surface area contributed by atoms with Gasteiger partial charge in [-0.25, -0.2) is 0 Å². The maximum absolute atomic E-state index is 2.24. The van der Waals surface area contributed by atoms with Gasteiger partial charge in [0.05, 0.1) is 0 Å². The van der Waals surface area contributed by atoms with Crippen molar-refractivity contribution in [2.45, 2.75) is 249 Å². The summed E-state index contributed by atoms with van der Waals surface area (Å²) in [6.07, 6.45) is 0. The first-order chi connectivity index (χ1) is 52.7. The Labute approximate surface area is 669 Å². The Hall–Kier alpha value is -9.36. The van der Waals surface area contributed by atoms with E-state index in [0.717, 1.165) is 0 Å². The van der Waals surface area contributed by atoms with E-state index >= 15 is 0 Å². The molecule has 0 heterocycles. The summed E-state index contributed by atoms with van der Waals surface area (Å²) in [4.78, 5) is 0. The second-order valence-corrected chi connectivity index (χ2v) is 21.9.